The molecule has 4 rings (SSSR count). The lowest BCUT2D eigenvalue weighted by Crippen LogP contribution is -2.59. The third-order valence-corrected chi connectivity index (χ3v) is 11.8. The Morgan fingerprint density at radius 3 is 2.27 bits per heavy atom. The van der Waals surface area contributed by atoms with Gasteiger partial charge in [0.15, 0.2) is 5.78 Å². The van der Waals surface area contributed by atoms with Crippen LogP contribution in [0.25, 0.3) is 0 Å². The Bertz CT molecular complexity index is 1060. The molecule has 0 spiro atoms. The summed E-state index contributed by atoms with van der Waals surface area (Å²) in [5.41, 5.74) is -0.679. The van der Waals surface area contributed by atoms with Gasteiger partial charge in [0, 0.05) is 36.7 Å². The van der Waals surface area contributed by atoms with Crippen LogP contribution in [-0.2, 0) is 19.2 Å². The van der Waals surface area contributed by atoms with Crippen molar-refractivity contribution in [3.8, 4) is 0 Å². The summed E-state index contributed by atoms with van der Waals surface area (Å²) in [5.74, 6) is -2.07. The molecule has 4 aliphatic rings. The zero-order valence-electron chi connectivity index (χ0n) is 23.2. The van der Waals surface area contributed by atoms with E-state index in [1.807, 2.05) is 13.8 Å². The van der Waals surface area contributed by atoms with E-state index >= 15 is 0 Å². The molecule has 0 heterocycles. The van der Waals surface area contributed by atoms with E-state index in [4.69, 9.17) is 0 Å². The van der Waals surface area contributed by atoms with E-state index in [9.17, 15) is 34.5 Å². The van der Waals surface area contributed by atoms with Gasteiger partial charge in [-0.1, -0.05) is 47.1 Å². The van der Waals surface area contributed by atoms with Crippen LogP contribution in [0.15, 0.2) is 11.1 Å². The van der Waals surface area contributed by atoms with E-state index in [1.165, 1.54) is 0 Å². The van der Waals surface area contributed by atoms with Gasteiger partial charge in [0.1, 0.15) is 11.6 Å². The highest BCUT2D eigenvalue weighted by atomic mass is 16.4. The highest BCUT2D eigenvalue weighted by Gasteiger charge is 2.68. The Morgan fingerprint density at radius 1 is 1.03 bits per heavy atom. The summed E-state index contributed by atoms with van der Waals surface area (Å²) in [4.78, 5) is 50.7. The normalized spacial score (nSPS) is 43.1. The van der Waals surface area contributed by atoms with Crippen molar-refractivity contribution in [3.05, 3.63) is 11.1 Å². The lowest BCUT2D eigenvalue weighted by atomic mass is 9.43. The number of aliphatic hydroxyl groups excluding tert-OH is 2. The fourth-order valence-electron chi connectivity index (χ4n) is 9.15. The topological polar surface area (TPSA) is 129 Å². The molecule has 0 unspecified atom stereocenters. The van der Waals surface area contributed by atoms with Crippen molar-refractivity contribution < 1.29 is 34.5 Å². The number of hydrogen-bond donors (Lipinski definition) is 3. The summed E-state index contributed by atoms with van der Waals surface area (Å²) >= 11 is 0. The number of carboxylic acid groups (broad SMARTS) is 1. The number of aliphatic hydroxyl groups is 2. The van der Waals surface area contributed by atoms with Gasteiger partial charge in [0.2, 0.25) is 0 Å². The van der Waals surface area contributed by atoms with Crippen molar-refractivity contribution in [1.29, 1.82) is 0 Å². The lowest BCUT2D eigenvalue weighted by Gasteiger charge is -2.60. The first-order valence-electron chi connectivity index (χ1n) is 13.9. The van der Waals surface area contributed by atoms with E-state index in [0.717, 1.165) is 17.6 Å². The van der Waals surface area contributed by atoms with Gasteiger partial charge in [-0.25, -0.2) is 0 Å². The molecule has 0 saturated heterocycles. The smallest absolute Gasteiger partial charge is 0.306 e. The Morgan fingerprint density at radius 2 is 1.68 bits per heavy atom. The predicted molar refractivity (Wildman–Crippen MR) is 137 cm³/mol. The maximum absolute atomic E-state index is 13.9. The molecule has 0 aromatic heterocycles. The molecule has 7 nitrogen and oxygen atoms in total. The van der Waals surface area contributed by atoms with Gasteiger partial charge in [0.25, 0.3) is 0 Å². The zero-order valence-corrected chi connectivity index (χ0v) is 23.2. The van der Waals surface area contributed by atoms with Crippen molar-refractivity contribution in [2.24, 2.45) is 45.3 Å². The Kier molecular flexibility index (Phi) is 6.94. The van der Waals surface area contributed by atoms with Crippen LogP contribution >= 0.6 is 0 Å². The second-order valence-electron chi connectivity index (χ2n) is 13.6. The second kappa shape index (κ2) is 9.11. The molecule has 0 aromatic carbocycles. The third kappa shape index (κ3) is 3.82. The van der Waals surface area contributed by atoms with E-state index < -0.39 is 34.2 Å². The molecule has 0 amide bonds. The minimum absolute atomic E-state index is 0.00119. The quantitative estimate of drug-likeness (QED) is 0.464. The van der Waals surface area contributed by atoms with E-state index in [1.54, 1.807) is 13.8 Å². The van der Waals surface area contributed by atoms with Crippen LogP contribution in [0.4, 0.5) is 0 Å². The zero-order chi connectivity index (χ0) is 27.7. The number of aliphatic carboxylic acids is 1. The molecular weight excluding hydrogens is 472 g/mol. The fraction of sp³-hybridized carbons (Fsp3) is 0.800. The molecule has 9 atom stereocenters. The summed E-state index contributed by atoms with van der Waals surface area (Å²) in [6.07, 6.45) is 2.72. The number of carbonyl (C=O) groups excluding carboxylic acids is 3. The van der Waals surface area contributed by atoms with Gasteiger partial charge in [-0.3, -0.25) is 19.2 Å². The largest absolute Gasteiger partial charge is 0.481 e. The second-order valence-corrected chi connectivity index (χ2v) is 13.6. The average Bonchev–Trinajstić information content (AvgIpc) is 3.04. The summed E-state index contributed by atoms with van der Waals surface area (Å²) in [6, 6.07) is 0. The molecule has 0 radical (unpaired) electrons. The number of Topliss-reactive ketones (excluding diaryl/α,β-unsaturated/α-hetero) is 3. The first-order chi connectivity index (χ1) is 17.1. The highest BCUT2D eigenvalue weighted by Crippen LogP contribution is 2.71. The molecule has 7 heteroatoms. The maximum Gasteiger partial charge on any atom is 0.306 e. The SMILES string of the molecule is C[C@H](CC(=O)C[C@H](C)C(=O)O)[C@H]1C[C@@H](O)[C@@]2(C)C3=C(CC[C@]12C)[C@@]1(C)CCC(=O)[C@@](C)(CO)[C@@H]1CC3=O. The molecule has 206 valence electrons. The first-order valence-corrected chi connectivity index (χ1v) is 13.9. The van der Waals surface area contributed by atoms with E-state index in [2.05, 4.69) is 13.8 Å². The van der Waals surface area contributed by atoms with Crippen LogP contribution < -0.4 is 0 Å². The standard InChI is InChI=1S/C30H44O7/c1-16(11-18(32)12-17(2)26(36)37)20-13-24(35)30(6)25-19(7-10-29(20,30)5)27(3)9-8-23(34)28(4,15-31)22(27)14-21(25)33/h16-17,20,22,24,31,35H,7-15H2,1-6H3,(H,36,37)/t16-,17+,20-,22-,24-,27-,28+,29-,30+/m1/s1. The van der Waals surface area contributed by atoms with Crippen molar-refractivity contribution in [2.75, 3.05) is 6.61 Å². The third-order valence-electron chi connectivity index (χ3n) is 11.8. The molecule has 0 aliphatic heterocycles. The van der Waals surface area contributed by atoms with Crippen LogP contribution in [0.1, 0.15) is 92.9 Å². The molecule has 2 saturated carbocycles. The summed E-state index contributed by atoms with van der Waals surface area (Å²) in [7, 11) is 0. The number of allylic oxidation sites excluding steroid dienone is 1. The minimum atomic E-state index is -0.979. The van der Waals surface area contributed by atoms with Crippen molar-refractivity contribution >= 4 is 23.3 Å². The Balaban J connectivity index is 1.70. The van der Waals surface area contributed by atoms with Crippen molar-refractivity contribution in [3.63, 3.8) is 0 Å². The Labute approximate surface area is 220 Å². The van der Waals surface area contributed by atoms with Gasteiger partial charge < -0.3 is 15.3 Å². The molecule has 3 N–H and O–H groups in total. The maximum atomic E-state index is 13.9. The molecule has 2 fully saturated rings. The molecule has 0 aromatic rings. The van der Waals surface area contributed by atoms with Crippen molar-refractivity contribution in [1.82, 2.24) is 0 Å². The van der Waals surface area contributed by atoms with Crippen molar-refractivity contribution in [2.45, 2.75) is 99.0 Å². The minimum Gasteiger partial charge on any atom is -0.481 e. The lowest BCUT2D eigenvalue weighted by molar-refractivity contribution is -0.149. The van der Waals surface area contributed by atoms with Crippen LogP contribution in [-0.4, -0.2) is 51.3 Å². The number of ketones is 3. The number of fused-ring (bicyclic) bond motifs is 4. The Hall–Kier alpha value is -1.86. The van der Waals surface area contributed by atoms with Gasteiger partial charge in [-0.05, 0) is 54.3 Å². The number of rotatable bonds is 7. The van der Waals surface area contributed by atoms with Gasteiger partial charge in [0.05, 0.1) is 24.0 Å². The van der Waals surface area contributed by atoms with Gasteiger partial charge in [-0.15, -0.1) is 0 Å². The molecule has 0 bridgehead atoms. The number of carboxylic acids is 1. The first kappa shape index (κ1) is 28.2. The summed E-state index contributed by atoms with van der Waals surface area (Å²) < 4.78 is 0. The molecule has 37 heavy (non-hydrogen) atoms. The molecule has 4 aliphatic carbocycles. The monoisotopic (exact) mass is 516 g/mol. The van der Waals surface area contributed by atoms with Crippen LogP contribution in [0.5, 0.6) is 0 Å². The van der Waals surface area contributed by atoms with Crippen LogP contribution in [0, 0.1) is 45.3 Å². The summed E-state index contributed by atoms with van der Waals surface area (Å²) in [5, 5.41) is 31.0. The van der Waals surface area contributed by atoms with Gasteiger partial charge >= 0.3 is 5.97 Å². The van der Waals surface area contributed by atoms with Gasteiger partial charge in [-0.2, -0.15) is 0 Å². The fourth-order valence-corrected chi connectivity index (χ4v) is 9.15. The summed E-state index contributed by atoms with van der Waals surface area (Å²) in [6.45, 7) is 11.4. The number of carbonyl (C=O) groups is 4. The highest BCUT2D eigenvalue weighted by molar-refractivity contribution is 6.01. The van der Waals surface area contributed by atoms with E-state index in [-0.39, 0.29) is 66.4 Å². The van der Waals surface area contributed by atoms with Crippen LogP contribution in [0.2, 0.25) is 0 Å². The number of hydrogen-bond acceptors (Lipinski definition) is 6. The van der Waals surface area contributed by atoms with E-state index in [0.29, 0.717) is 25.7 Å². The predicted octanol–water partition coefficient (Wildman–Crippen LogP) is 4.13. The van der Waals surface area contributed by atoms with Crippen LogP contribution in [0.3, 0.4) is 0 Å². The molecular formula is C30H44O7. The average molecular weight is 517 g/mol.